The number of fused-ring (bicyclic) bond motifs is 1. The molecule has 192 valence electrons. The van der Waals surface area contributed by atoms with Gasteiger partial charge in [-0.05, 0) is 39.3 Å². The zero-order valence-corrected chi connectivity index (χ0v) is 22.3. The van der Waals surface area contributed by atoms with Crippen LogP contribution in [0, 0.1) is 6.92 Å². The molecule has 0 saturated heterocycles. The quantitative estimate of drug-likeness (QED) is 0.495. The molecular weight excluding hydrogens is 464 g/mol. The second kappa shape index (κ2) is 12.7. The van der Waals surface area contributed by atoms with E-state index in [-0.39, 0.29) is 18.0 Å². The highest BCUT2D eigenvalue weighted by Crippen LogP contribution is 2.28. The predicted octanol–water partition coefficient (Wildman–Crippen LogP) is 4.22. The molecule has 9 nitrogen and oxygen atoms in total. The van der Waals surface area contributed by atoms with Crippen molar-refractivity contribution < 1.29 is 14.3 Å². The van der Waals surface area contributed by atoms with Crippen molar-refractivity contribution in [1.82, 2.24) is 29.7 Å². The van der Waals surface area contributed by atoms with Gasteiger partial charge in [-0.25, -0.2) is 14.8 Å². The van der Waals surface area contributed by atoms with Gasteiger partial charge in [0, 0.05) is 56.3 Å². The normalized spacial score (nSPS) is 15.1. The Morgan fingerprint density at radius 3 is 2.74 bits per heavy atom. The Kier molecular flexibility index (Phi) is 9.71. The van der Waals surface area contributed by atoms with E-state index in [0.29, 0.717) is 19.1 Å². The van der Waals surface area contributed by atoms with Gasteiger partial charge in [-0.1, -0.05) is 13.0 Å². The number of amides is 2. The summed E-state index contributed by atoms with van der Waals surface area (Å²) in [6.07, 6.45) is 9.22. The van der Waals surface area contributed by atoms with Gasteiger partial charge in [-0.3, -0.25) is 4.79 Å². The largest absolute Gasteiger partial charge is 0.453 e. The van der Waals surface area contributed by atoms with Crippen molar-refractivity contribution >= 4 is 23.3 Å². The lowest BCUT2D eigenvalue weighted by atomic mass is 10.1. The molecule has 0 aliphatic carbocycles. The fourth-order valence-corrected chi connectivity index (χ4v) is 5.54. The van der Waals surface area contributed by atoms with Crippen molar-refractivity contribution in [3.8, 4) is 0 Å². The van der Waals surface area contributed by atoms with E-state index >= 15 is 0 Å². The van der Waals surface area contributed by atoms with Crippen molar-refractivity contribution in [2.24, 2.45) is 0 Å². The number of nitrogens with zero attached hydrogens (tertiary/aromatic N) is 5. The molecule has 0 bridgehead atoms. The molecule has 3 rings (SSSR count). The highest BCUT2D eigenvalue weighted by atomic mass is 32.1. The van der Waals surface area contributed by atoms with E-state index in [4.69, 9.17) is 9.72 Å². The standard InChI is InChI=1S/C25H38N6O3S/c1-6-12-29(14-9-21(28-19(4)32)24-26-11-16-35-24)13-8-20(7-2)31-18(3)27-22-17-30(25(33)34-5)15-10-23(22)31/h6,11-12,16,20-21H,7-10,13-15,17H2,1-5H3,(H,28,32)/b12-6+/t20?,21-/m0/s1. The number of hydrogen-bond acceptors (Lipinski definition) is 7. The second-order valence-electron chi connectivity index (χ2n) is 8.85. The predicted molar refractivity (Wildman–Crippen MR) is 137 cm³/mol. The third kappa shape index (κ3) is 6.84. The summed E-state index contributed by atoms with van der Waals surface area (Å²) in [6.45, 7) is 10.7. The van der Waals surface area contributed by atoms with E-state index in [1.54, 1.807) is 29.4 Å². The minimum atomic E-state index is -0.299. The molecule has 0 saturated carbocycles. The van der Waals surface area contributed by atoms with Gasteiger partial charge in [0.2, 0.25) is 5.91 Å². The van der Waals surface area contributed by atoms with E-state index < -0.39 is 0 Å². The second-order valence-corrected chi connectivity index (χ2v) is 9.77. The van der Waals surface area contributed by atoms with Crippen molar-refractivity contribution in [2.45, 2.75) is 72.0 Å². The zero-order chi connectivity index (χ0) is 25.4. The number of thiazole rings is 1. The van der Waals surface area contributed by atoms with Crippen LogP contribution in [0.15, 0.2) is 23.9 Å². The Hall–Kier alpha value is -2.88. The first-order valence-corrected chi connectivity index (χ1v) is 13.2. The van der Waals surface area contributed by atoms with Crippen LogP contribution in [0.2, 0.25) is 0 Å². The number of nitrogens with one attached hydrogen (secondary N) is 1. The lowest BCUT2D eigenvalue weighted by molar-refractivity contribution is -0.119. The van der Waals surface area contributed by atoms with Crippen LogP contribution in [0.25, 0.3) is 0 Å². The van der Waals surface area contributed by atoms with Gasteiger partial charge in [-0.2, -0.15) is 0 Å². The molecule has 0 spiro atoms. The number of rotatable bonds is 11. The maximum absolute atomic E-state index is 12.0. The number of aryl methyl sites for hydroxylation is 1. The van der Waals surface area contributed by atoms with Crippen LogP contribution in [0.4, 0.5) is 4.79 Å². The molecule has 1 aliphatic rings. The number of carbonyl (C=O) groups is 2. The molecule has 2 amide bonds. The molecule has 2 aromatic rings. The first-order valence-electron chi connectivity index (χ1n) is 12.3. The van der Waals surface area contributed by atoms with Crippen LogP contribution in [0.5, 0.6) is 0 Å². The SMILES string of the molecule is C/C=C/N(CCC(CC)n1c(C)nc2c1CCN(C(=O)OC)C2)CC[C@H](NC(C)=O)c1nccs1. The van der Waals surface area contributed by atoms with Crippen molar-refractivity contribution in [2.75, 3.05) is 26.7 Å². The van der Waals surface area contributed by atoms with E-state index in [9.17, 15) is 9.59 Å². The first kappa shape index (κ1) is 26.7. The lowest BCUT2D eigenvalue weighted by Gasteiger charge is -2.29. The smallest absolute Gasteiger partial charge is 0.409 e. The van der Waals surface area contributed by atoms with Crippen molar-refractivity contribution in [3.05, 3.63) is 46.1 Å². The molecule has 1 N–H and O–H groups in total. The van der Waals surface area contributed by atoms with Crippen molar-refractivity contribution in [3.63, 3.8) is 0 Å². The van der Waals surface area contributed by atoms with E-state index in [1.807, 2.05) is 12.3 Å². The summed E-state index contributed by atoms with van der Waals surface area (Å²) in [7, 11) is 1.42. The minimum absolute atomic E-state index is 0.0417. The average Bonchev–Trinajstić information content (AvgIpc) is 3.48. The Labute approximate surface area is 212 Å². The third-order valence-corrected chi connectivity index (χ3v) is 7.33. The monoisotopic (exact) mass is 502 g/mol. The number of ether oxygens (including phenoxy) is 1. The minimum Gasteiger partial charge on any atom is -0.453 e. The topological polar surface area (TPSA) is 92.6 Å². The molecule has 1 unspecified atom stereocenters. The number of methoxy groups -OCH3 is 1. The third-order valence-electron chi connectivity index (χ3n) is 6.44. The summed E-state index contributed by atoms with van der Waals surface area (Å²) in [5.74, 6) is 0.959. The van der Waals surface area contributed by atoms with Crippen LogP contribution >= 0.6 is 11.3 Å². The van der Waals surface area contributed by atoms with Crippen LogP contribution < -0.4 is 5.32 Å². The summed E-state index contributed by atoms with van der Waals surface area (Å²) in [5.41, 5.74) is 2.21. The Morgan fingerprint density at radius 2 is 2.11 bits per heavy atom. The molecule has 10 heteroatoms. The molecule has 0 fully saturated rings. The van der Waals surface area contributed by atoms with Gasteiger partial charge < -0.3 is 24.4 Å². The molecule has 0 radical (unpaired) electrons. The van der Waals surface area contributed by atoms with Gasteiger partial charge in [0.1, 0.15) is 10.8 Å². The molecular formula is C25H38N6O3S. The zero-order valence-electron chi connectivity index (χ0n) is 21.5. The van der Waals surface area contributed by atoms with Gasteiger partial charge in [0.05, 0.1) is 25.4 Å². The van der Waals surface area contributed by atoms with Gasteiger partial charge >= 0.3 is 6.09 Å². The number of allylic oxidation sites excluding steroid dienone is 1. The van der Waals surface area contributed by atoms with Crippen LogP contribution in [-0.4, -0.2) is 63.1 Å². The number of carbonyl (C=O) groups excluding carboxylic acids is 2. The molecule has 3 heterocycles. The molecule has 2 atom stereocenters. The number of aromatic nitrogens is 3. The molecule has 0 aromatic carbocycles. The lowest BCUT2D eigenvalue weighted by Crippen LogP contribution is -2.36. The van der Waals surface area contributed by atoms with Gasteiger partial charge in [-0.15, -0.1) is 11.3 Å². The fourth-order valence-electron chi connectivity index (χ4n) is 4.82. The summed E-state index contributed by atoms with van der Waals surface area (Å²) in [4.78, 5) is 37.0. The van der Waals surface area contributed by atoms with Gasteiger partial charge in [0.25, 0.3) is 0 Å². The van der Waals surface area contributed by atoms with Crippen molar-refractivity contribution in [1.29, 1.82) is 0 Å². The maximum Gasteiger partial charge on any atom is 0.409 e. The Morgan fingerprint density at radius 1 is 1.34 bits per heavy atom. The Bertz CT molecular complexity index is 1000. The van der Waals surface area contributed by atoms with E-state index in [1.165, 1.54) is 12.8 Å². The Balaban J connectivity index is 1.66. The first-order chi connectivity index (χ1) is 16.9. The highest BCUT2D eigenvalue weighted by Gasteiger charge is 2.28. The van der Waals surface area contributed by atoms with Crippen LogP contribution in [0.1, 0.15) is 74.3 Å². The summed E-state index contributed by atoms with van der Waals surface area (Å²) in [6, 6.07) is 0.247. The van der Waals surface area contributed by atoms with Crippen LogP contribution in [0.3, 0.4) is 0 Å². The number of hydrogen-bond donors (Lipinski definition) is 1. The van der Waals surface area contributed by atoms with E-state index in [0.717, 1.165) is 55.3 Å². The average molecular weight is 503 g/mol. The highest BCUT2D eigenvalue weighted by molar-refractivity contribution is 7.09. The fraction of sp³-hybridized carbons (Fsp3) is 0.600. The van der Waals surface area contributed by atoms with E-state index in [2.05, 4.69) is 45.9 Å². The molecule has 2 aromatic heterocycles. The summed E-state index contributed by atoms with van der Waals surface area (Å²) in [5, 5.41) is 5.93. The van der Waals surface area contributed by atoms with Crippen LogP contribution in [-0.2, 0) is 22.5 Å². The number of imidazole rings is 1. The maximum atomic E-state index is 12.0. The summed E-state index contributed by atoms with van der Waals surface area (Å²) >= 11 is 1.57. The molecule has 35 heavy (non-hydrogen) atoms. The summed E-state index contributed by atoms with van der Waals surface area (Å²) < 4.78 is 7.28. The molecule has 1 aliphatic heterocycles. The van der Waals surface area contributed by atoms with Gasteiger partial charge in [0.15, 0.2) is 0 Å².